The molecule has 2 unspecified atom stereocenters. The highest BCUT2D eigenvalue weighted by Crippen LogP contribution is 2.32. The van der Waals surface area contributed by atoms with Gasteiger partial charge in [-0.3, -0.25) is 0 Å². The predicted molar refractivity (Wildman–Crippen MR) is 85.9 cm³/mol. The molecule has 0 aromatic carbocycles. The van der Waals surface area contributed by atoms with Crippen molar-refractivity contribution in [2.75, 3.05) is 6.54 Å². The van der Waals surface area contributed by atoms with E-state index in [1.807, 2.05) is 12.3 Å². The van der Waals surface area contributed by atoms with Crippen LogP contribution in [0.4, 0.5) is 0 Å². The maximum Gasteiger partial charge on any atom is 0.244 e. The van der Waals surface area contributed by atoms with E-state index in [0.29, 0.717) is 29.9 Å². The highest BCUT2D eigenvalue weighted by atomic mass is 32.2. The molecule has 2 heterocycles. The summed E-state index contributed by atoms with van der Waals surface area (Å²) in [6.07, 6.45) is 4.51. The zero-order valence-corrected chi connectivity index (χ0v) is 14.3. The molecule has 1 aliphatic heterocycles. The second kappa shape index (κ2) is 5.99. The quantitative estimate of drug-likeness (QED) is 0.904. The third-order valence-corrected chi connectivity index (χ3v) is 7.86. The minimum Gasteiger partial charge on any atom is -0.309 e. The van der Waals surface area contributed by atoms with Crippen molar-refractivity contribution in [3.05, 3.63) is 16.3 Å². The maximum atomic E-state index is 13.0. The van der Waals surface area contributed by atoms with Crippen LogP contribution in [0.5, 0.6) is 0 Å². The van der Waals surface area contributed by atoms with Crippen molar-refractivity contribution in [3.63, 3.8) is 0 Å². The Morgan fingerprint density at radius 1 is 1.33 bits per heavy atom. The molecule has 2 atom stereocenters. The van der Waals surface area contributed by atoms with Gasteiger partial charge in [-0.05, 0) is 50.0 Å². The molecule has 2 aliphatic rings. The molecule has 1 aromatic heterocycles. The van der Waals surface area contributed by atoms with Crippen LogP contribution in [0.2, 0.25) is 0 Å². The third-order valence-electron chi connectivity index (χ3n) is 4.74. The average Bonchev–Trinajstić information content (AvgIpc) is 3.15. The van der Waals surface area contributed by atoms with Crippen molar-refractivity contribution in [2.45, 2.75) is 63.1 Å². The van der Waals surface area contributed by atoms with Gasteiger partial charge < -0.3 is 5.32 Å². The Bertz CT molecular complexity index is 593. The van der Waals surface area contributed by atoms with Crippen LogP contribution in [-0.2, 0) is 16.6 Å². The van der Waals surface area contributed by atoms with E-state index in [2.05, 4.69) is 12.2 Å². The number of hydrogen-bond acceptors (Lipinski definition) is 4. The monoisotopic (exact) mass is 328 g/mol. The van der Waals surface area contributed by atoms with Gasteiger partial charge in [-0.15, -0.1) is 11.3 Å². The van der Waals surface area contributed by atoms with Crippen LogP contribution in [0, 0.1) is 5.92 Å². The molecule has 0 bridgehead atoms. The van der Waals surface area contributed by atoms with E-state index in [1.165, 1.54) is 12.8 Å². The Morgan fingerprint density at radius 3 is 2.81 bits per heavy atom. The van der Waals surface area contributed by atoms with Crippen LogP contribution >= 0.6 is 11.3 Å². The van der Waals surface area contributed by atoms with Gasteiger partial charge in [0.2, 0.25) is 10.0 Å². The van der Waals surface area contributed by atoms with Crippen LogP contribution in [0.1, 0.15) is 44.4 Å². The van der Waals surface area contributed by atoms with E-state index >= 15 is 0 Å². The number of nitrogens with one attached hydrogen (secondary N) is 1. The van der Waals surface area contributed by atoms with Gasteiger partial charge in [-0.25, -0.2) is 8.42 Å². The van der Waals surface area contributed by atoms with Crippen LogP contribution in [-0.4, -0.2) is 31.4 Å². The minimum absolute atomic E-state index is 0.0906. The molecule has 1 aliphatic carbocycles. The van der Waals surface area contributed by atoms with Crippen molar-refractivity contribution in [2.24, 2.45) is 5.92 Å². The van der Waals surface area contributed by atoms with E-state index in [4.69, 9.17) is 0 Å². The standard InChI is InChI=1S/C15H24N2O2S2/c1-11-4-3-8-17(12(11)2)21(18,19)15-7-9-20-14(15)10-16-13-5-6-13/h7,9,11-13,16H,3-6,8,10H2,1-2H3. The van der Waals surface area contributed by atoms with Crippen molar-refractivity contribution in [3.8, 4) is 0 Å². The van der Waals surface area contributed by atoms with Gasteiger partial charge in [0.25, 0.3) is 0 Å². The van der Waals surface area contributed by atoms with Crippen LogP contribution < -0.4 is 5.32 Å². The van der Waals surface area contributed by atoms with Gasteiger partial charge in [-0.2, -0.15) is 4.31 Å². The van der Waals surface area contributed by atoms with E-state index in [0.717, 1.165) is 17.7 Å². The van der Waals surface area contributed by atoms with E-state index in [1.54, 1.807) is 21.7 Å². The fraction of sp³-hybridized carbons (Fsp3) is 0.733. The Hall–Kier alpha value is -0.430. The summed E-state index contributed by atoms with van der Waals surface area (Å²) in [6, 6.07) is 2.46. The fourth-order valence-corrected chi connectivity index (χ4v) is 6.11. The highest BCUT2D eigenvalue weighted by molar-refractivity contribution is 7.89. The first kappa shape index (κ1) is 15.5. The predicted octanol–water partition coefficient (Wildman–Crippen LogP) is 2.81. The molecular weight excluding hydrogens is 304 g/mol. The topological polar surface area (TPSA) is 49.4 Å². The number of nitrogens with zero attached hydrogens (tertiary/aromatic N) is 1. The number of thiophene rings is 1. The second-order valence-corrected chi connectivity index (χ2v) is 9.20. The lowest BCUT2D eigenvalue weighted by Gasteiger charge is -2.36. The van der Waals surface area contributed by atoms with Crippen LogP contribution in [0.15, 0.2) is 16.3 Å². The summed E-state index contributed by atoms with van der Waals surface area (Å²) < 4.78 is 27.7. The van der Waals surface area contributed by atoms with Gasteiger partial charge in [0.15, 0.2) is 0 Å². The van der Waals surface area contributed by atoms with Gasteiger partial charge in [0, 0.05) is 30.1 Å². The molecule has 0 radical (unpaired) electrons. The van der Waals surface area contributed by atoms with Crippen molar-refractivity contribution in [1.82, 2.24) is 9.62 Å². The minimum atomic E-state index is -3.36. The van der Waals surface area contributed by atoms with Crippen molar-refractivity contribution < 1.29 is 8.42 Å². The SMILES string of the molecule is CC1CCCN(S(=O)(=O)c2ccsc2CNC2CC2)C1C. The molecule has 0 amide bonds. The van der Waals surface area contributed by atoms with Gasteiger partial charge >= 0.3 is 0 Å². The molecule has 1 saturated heterocycles. The van der Waals surface area contributed by atoms with Gasteiger partial charge in [-0.1, -0.05) is 6.92 Å². The first-order valence-corrected chi connectivity index (χ1v) is 10.1. The first-order valence-electron chi connectivity index (χ1n) is 7.81. The first-order chi connectivity index (χ1) is 10.00. The molecule has 1 N–H and O–H groups in total. The molecule has 118 valence electrons. The van der Waals surface area contributed by atoms with E-state index < -0.39 is 10.0 Å². The number of rotatable bonds is 5. The molecule has 6 heteroatoms. The van der Waals surface area contributed by atoms with E-state index in [9.17, 15) is 8.42 Å². The summed E-state index contributed by atoms with van der Waals surface area (Å²) in [6.45, 7) is 5.51. The van der Waals surface area contributed by atoms with Gasteiger partial charge in [0.05, 0.1) is 4.90 Å². The maximum absolute atomic E-state index is 13.0. The molecule has 1 saturated carbocycles. The molecule has 21 heavy (non-hydrogen) atoms. The molecule has 1 aromatic rings. The summed E-state index contributed by atoms with van der Waals surface area (Å²) in [4.78, 5) is 1.47. The summed E-state index contributed by atoms with van der Waals surface area (Å²) in [7, 11) is -3.36. The number of hydrogen-bond donors (Lipinski definition) is 1. The molecule has 0 spiro atoms. The highest BCUT2D eigenvalue weighted by Gasteiger charge is 2.36. The molecule has 3 rings (SSSR count). The summed E-state index contributed by atoms with van der Waals surface area (Å²) in [5.74, 6) is 0.431. The molecule has 4 nitrogen and oxygen atoms in total. The fourth-order valence-electron chi connectivity index (χ4n) is 2.98. The lowest BCUT2D eigenvalue weighted by Crippen LogP contribution is -2.46. The zero-order chi connectivity index (χ0) is 15.0. The normalized spacial score (nSPS) is 27.9. The summed E-state index contributed by atoms with van der Waals surface area (Å²) in [5, 5.41) is 5.32. The second-order valence-electron chi connectivity index (χ2n) is 6.34. The Morgan fingerprint density at radius 2 is 2.10 bits per heavy atom. The summed E-state index contributed by atoms with van der Waals surface area (Å²) in [5.41, 5.74) is 0. The average molecular weight is 329 g/mol. The number of piperidine rings is 1. The van der Waals surface area contributed by atoms with Crippen LogP contribution in [0.25, 0.3) is 0 Å². The van der Waals surface area contributed by atoms with Gasteiger partial charge in [0.1, 0.15) is 0 Å². The zero-order valence-electron chi connectivity index (χ0n) is 12.7. The van der Waals surface area contributed by atoms with Crippen molar-refractivity contribution >= 4 is 21.4 Å². The van der Waals surface area contributed by atoms with Crippen molar-refractivity contribution in [1.29, 1.82) is 0 Å². The lowest BCUT2D eigenvalue weighted by molar-refractivity contribution is 0.202. The van der Waals surface area contributed by atoms with E-state index in [-0.39, 0.29) is 6.04 Å². The number of sulfonamides is 1. The Kier molecular flexibility index (Phi) is 4.41. The molecule has 2 fully saturated rings. The lowest BCUT2D eigenvalue weighted by atomic mass is 9.94. The smallest absolute Gasteiger partial charge is 0.244 e. The molecular formula is C15H24N2O2S2. The summed E-state index contributed by atoms with van der Waals surface area (Å²) >= 11 is 1.54. The largest absolute Gasteiger partial charge is 0.309 e. The Balaban J connectivity index is 1.82. The van der Waals surface area contributed by atoms with Crippen LogP contribution in [0.3, 0.4) is 0 Å². The third kappa shape index (κ3) is 3.18. The Labute approximate surface area is 131 Å².